The molecule has 0 aliphatic carbocycles. The molecule has 1 N–H and O–H groups in total. The number of nitro benzene ring substituents is 1. The van der Waals surface area contributed by atoms with E-state index in [1.165, 1.54) is 12.1 Å². The van der Waals surface area contributed by atoms with Gasteiger partial charge in [-0.15, -0.1) is 11.3 Å². The van der Waals surface area contributed by atoms with Crippen LogP contribution < -0.4 is 10.2 Å². The largest absolute Gasteiger partial charge is 0.353 e. The number of carbonyl (C=O) groups excluding carboxylic acids is 1. The Morgan fingerprint density at radius 1 is 1.24 bits per heavy atom. The quantitative estimate of drug-likeness (QED) is 0.507. The highest BCUT2D eigenvalue weighted by Gasteiger charge is 2.27. The predicted molar refractivity (Wildman–Crippen MR) is 112 cm³/mol. The number of fused-ring (bicyclic) bond motifs is 1. The Morgan fingerprint density at radius 2 is 2.03 bits per heavy atom. The van der Waals surface area contributed by atoms with Crippen LogP contribution in [0, 0.1) is 10.1 Å². The lowest BCUT2D eigenvalue weighted by Crippen LogP contribution is -2.53. The standard InChI is InChI=1S/C19H20N6O3S/c1-13(18(26)22-14-3-2-4-15(11-14)25(27)28)23-6-8-24(9-7-23)17-16-5-10-29-19(16)21-12-20-17/h2-5,10-13H,6-9H2,1H3,(H,22,26). The van der Waals surface area contributed by atoms with Crippen LogP contribution in [0.5, 0.6) is 0 Å². The van der Waals surface area contributed by atoms with Crippen molar-refractivity contribution in [2.24, 2.45) is 0 Å². The smallest absolute Gasteiger partial charge is 0.271 e. The van der Waals surface area contributed by atoms with Crippen molar-refractivity contribution in [3.05, 3.63) is 52.2 Å². The Bertz CT molecular complexity index is 1050. The summed E-state index contributed by atoms with van der Waals surface area (Å²) in [5.41, 5.74) is 0.379. The summed E-state index contributed by atoms with van der Waals surface area (Å²) in [6, 6.07) is 7.67. The molecule has 1 amide bonds. The van der Waals surface area contributed by atoms with E-state index in [9.17, 15) is 14.9 Å². The molecule has 1 fully saturated rings. The zero-order valence-electron chi connectivity index (χ0n) is 15.8. The van der Waals surface area contributed by atoms with Crippen molar-refractivity contribution in [2.45, 2.75) is 13.0 Å². The zero-order chi connectivity index (χ0) is 20.4. The average molecular weight is 412 g/mol. The summed E-state index contributed by atoms with van der Waals surface area (Å²) in [4.78, 5) is 37.1. The number of nitrogens with zero attached hydrogens (tertiary/aromatic N) is 5. The Kier molecular flexibility index (Phi) is 5.36. The first kappa shape index (κ1) is 19.2. The van der Waals surface area contributed by atoms with Gasteiger partial charge >= 0.3 is 0 Å². The second kappa shape index (κ2) is 8.10. The first-order valence-electron chi connectivity index (χ1n) is 9.25. The third kappa shape index (κ3) is 4.03. The van der Waals surface area contributed by atoms with E-state index in [1.807, 2.05) is 18.4 Å². The minimum Gasteiger partial charge on any atom is -0.353 e. The number of hydrogen-bond donors (Lipinski definition) is 1. The molecule has 1 saturated heterocycles. The number of nitro groups is 1. The van der Waals surface area contributed by atoms with E-state index >= 15 is 0 Å². The molecule has 1 aliphatic rings. The monoisotopic (exact) mass is 412 g/mol. The summed E-state index contributed by atoms with van der Waals surface area (Å²) in [5, 5.41) is 16.8. The van der Waals surface area contributed by atoms with Gasteiger partial charge in [0.25, 0.3) is 5.69 Å². The van der Waals surface area contributed by atoms with E-state index in [4.69, 9.17) is 0 Å². The first-order valence-corrected chi connectivity index (χ1v) is 10.1. The lowest BCUT2D eigenvalue weighted by Gasteiger charge is -2.38. The fraction of sp³-hybridized carbons (Fsp3) is 0.316. The highest BCUT2D eigenvalue weighted by molar-refractivity contribution is 7.16. The van der Waals surface area contributed by atoms with E-state index in [0.29, 0.717) is 5.69 Å². The van der Waals surface area contributed by atoms with Gasteiger partial charge in [0, 0.05) is 44.0 Å². The molecule has 0 spiro atoms. The molecule has 1 unspecified atom stereocenters. The van der Waals surface area contributed by atoms with Gasteiger partial charge in [-0.25, -0.2) is 9.97 Å². The first-order chi connectivity index (χ1) is 14.0. The molecule has 1 aromatic carbocycles. The van der Waals surface area contributed by atoms with E-state index in [1.54, 1.807) is 29.8 Å². The molecule has 29 heavy (non-hydrogen) atoms. The summed E-state index contributed by atoms with van der Waals surface area (Å²) in [6.45, 7) is 4.81. The average Bonchev–Trinajstić information content (AvgIpc) is 3.22. The number of amides is 1. The van der Waals surface area contributed by atoms with Crippen LogP contribution in [0.3, 0.4) is 0 Å². The fourth-order valence-corrected chi connectivity index (χ4v) is 4.19. The highest BCUT2D eigenvalue weighted by Crippen LogP contribution is 2.27. The van der Waals surface area contributed by atoms with Gasteiger partial charge in [-0.05, 0) is 24.4 Å². The lowest BCUT2D eigenvalue weighted by atomic mass is 10.2. The number of aromatic nitrogens is 2. The molecular formula is C19H20N6O3S. The number of nitrogens with one attached hydrogen (secondary N) is 1. The molecular weight excluding hydrogens is 392 g/mol. The molecule has 10 heteroatoms. The topological polar surface area (TPSA) is 104 Å². The molecule has 1 aliphatic heterocycles. The van der Waals surface area contributed by atoms with Crippen molar-refractivity contribution < 1.29 is 9.72 Å². The highest BCUT2D eigenvalue weighted by atomic mass is 32.1. The Hall–Kier alpha value is -3.11. The van der Waals surface area contributed by atoms with E-state index in [2.05, 4.69) is 25.1 Å². The summed E-state index contributed by atoms with van der Waals surface area (Å²) in [5.74, 6) is 0.755. The van der Waals surface area contributed by atoms with Crippen molar-refractivity contribution in [1.82, 2.24) is 14.9 Å². The predicted octanol–water partition coefficient (Wildman–Crippen LogP) is 2.75. The van der Waals surface area contributed by atoms with Crippen LogP contribution in [0.4, 0.5) is 17.2 Å². The minimum atomic E-state index is -0.476. The third-order valence-corrected chi connectivity index (χ3v) is 5.93. The van der Waals surface area contributed by atoms with Gasteiger partial charge in [-0.2, -0.15) is 0 Å². The Labute approximate surface area is 171 Å². The number of hydrogen-bond acceptors (Lipinski definition) is 8. The summed E-state index contributed by atoms with van der Waals surface area (Å²) >= 11 is 1.60. The lowest BCUT2D eigenvalue weighted by molar-refractivity contribution is -0.384. The molecule has 0 saturated carbocycles. The maximum atomic E-state index is 12.6. The number of benzene rings is 1. The zero-order valence-corrected chi connectivity index (χ0v) is 16.6. The number of thiophene rings is 1. The van der Waals surface area contributed by atoms with Crippen LogP contribution in [0.25, 0.3) is 10.2 Å². The van der Waals surface area contributed by atoms with Crippen LogP contribution in [-0.4, -0.2) is 57.9 Å². The second-order valence-corrected chi connectivity index (χ2v) is 7.73. The maximum Gasteiger partial charge on any atom is 0.271 e. The maximum absolute atomic E-state index is 12.6. The van der Waals surface area contributed by atoms with Gasteiger partial charge in [-0.3, -0.25) is 19.8 Å². The molecule has 150 valence electrons. The van der Waals surface area contributed by atoms with Gasteiger partial charge in [-0.1, -0.05) is 6.07 Å². The van der Waals surface area contributed by atoms with Gasteiger partial charge in [0.15, 0.2) is 0 Å². The number of rotatable bonds is 5. The number of carbonyl (C=O) groups is 1. The molecule has 3 heterocycles. The van der Waals surface area contributed by atoms with E-state index in [0.717, 1.165) is 42.2 Å². The number of non-ortho nitro benzene ring substituents is 1. The Morgan fingerprint density at radius 3 is 2.79 bits per heavy atom. The van der Waals surface area contributed by atoms with Gasteiger partial charge in [0.05, 0.1) is 16.4 Å². The van der Waals surface area contributed by atoms with Crippen LogP contribution in [0.2, 0.25) is 0 Å². The van der Waals surface area contributed by atoms with Crippen molar-refractivity contribution in [3.8, 4) is 0 Å². The number of anilines is 2. The van der Waals surface area contributed by atoms with Crippen molar-refractivity contribution in [3.63, 3.8) is 0 Å². The second-order valence-electron chi connectivity index (χ2n) is 6.83. The summed E-state index contributed by atoms with van der Waals surface area (Å²) in [6.07, 6.45) is 1.59. The summed E-state index contributed by atoms with van der Waals surface area (Å²) in [7, 11) is 0. The van der Waals surface area contributed by atoms with Crippen molar-refractivity contribution >= 4 is 44.7 Å². The SMILES string of the molecule is CC(C(=O)Nc1cccc([N+](=O)[O-])c1)N1CCN(c2ncnc3sccc23)CC1. The molecule has 9 nitrogen and oxygen atoms in total. The van der Waals surface area contributed by atoms with Gasteiger partial charge < -0.3 is 10.2 Å². The molecule has 1 atom stereocenters. The molecule has 4 rings (SSSR count). The molecule has 2 aromatic heterocycles. The van der Waals surface area contributed by atoms with Crippen LogP contribution in [-0.2, 0) is 4.79 Å². The minimum absolute atomic E-state index is 0.0475. The van der Waals surface area contributed by atoms with E-state index in [-0.39, 0.29) is 17.6 Å². The van der Waals surface area contributed by atoms with Crippen LogP contribution in [0.15, 0.2) is 42.0 Å². The summed E-state index contributed by atoms with van der Waals surface area (Å²) < 4.78 is 0. The normalized spacial score (nSPS) is 16.0. The van der Waals surface area contributed by atoms with Crippen molar-refractivity contribution in [2.75, 3.05) is 36.4 Å². The fourth-order valence-electron chi connectivity index (χ4n) is 3.46. The van der Waals surface area contributed by atoms with Crippen LogP contribution >= 0.6 is 11.3 Å². The Balaban J connectivity index is 1.38. The van der Waals surface area contributed by atoms with Gasteiger partial charge in [0.2, 0.25) is 5.91 Å². The molecule has 0 radical (unpaired) electrons. The third-order valence-electron chi connectivity index (χ3n) is 5.11. The van der Waals surface area contributed by atoms with E-state index < -0.39 is 4.92 Å². The molecule has 3 aromatic rings. The van der Waals surface area contributed by atoms with Crippen molar-refractivity contribution in [1.29, 1.82) is 0 Å². The van der Waals surface area contributed by atoms with Gasteiger partial charge in [0.1, 0.15) is 17.0 Å². The molecule has 0 bridgehead atoms. The number of piperazine rings is 1. The van der Waals surface area contributed by atoms with Crippen LogP contribution in [0.1, 0.15) is 6.92 Å².